The van der Waals surface area contributed by atoms with Gasteiger partial charge in [-0.05, 0) is 63.5 Å². The molecule has 1 aliphatic carbocycles. The first kappa shape index (κ1) is 15.8. The number of carbonyl (C=O) groups is 1. The maximum Gasteiger partial charge on any atom is 0.255 e. The number of fused-ring (bicyclic) bond motifs is 1. The highest BCUT2D eigenvalue weighted by Crippen LogP contribution is 2.33. The summed E-state index contributed by atoms with van der Waals surface area (Å²) < 4.78 is 6.06. The number of likely N-dealkylation sites (tertiary alicyclic amines) is 1. The summed E-state index contributed by atoms with van der Waals surface area (Å²) in [6.07, 6.45) is 11.4. The van der Waals surface area contributed by atoms with Crippen molar-refractivity contribution in [2.24, 2.45) is 0 Å². The van der Waals surface area contributed by atoms with E-state index >= 15 is 0 Å². The average Bonchev–Trinajstić information content (AvgIpc) is 2.61. The van der Waals surface area contributed by atoms with Crippen LogP contribution in [0.2, 0.25) is 0 Å². The second-order valence-corrected chi connectivity index (χ2v) is 7.48. The normalized spacial score (nSPS) is 22.9. The molecule has 0 unspecified atom stereocenters. The van der Waals surface area contributed by atoms with Crippen LogP contribution in [0.1, 0.15) is 60.6 Å². The minimum absolute atomic E-state index is 0.127. The molecule has 0 saturated carbocycles. The van der Waals surface area contributed by atoms with Crippen molar-refractivity contribution in [1.82, 2.24) is 9.88 Å². The van der Waals surface area contributed by atoms with Crippen LogP contribution in [0.5, 0.6) is 0 Å². The summed E-state index contributed by atoms with van der Waals surface area (Å²) in [6.45, 7) is 4.52. The number of amides is 1. The van der Waals surface area contributed by atoms with Crippen LogP contribution >= 0.6 is 0 Å². The third-order valence-electron chi connectivity index (χ3n) is 5.71. The highest BCUT2D eigenvalue weighted by Gasteiger charge is 2.37. The van der Waals surface area contributed by atoms with Gasteiger partial charge in [0.15, 0.2) is 0 Å². The second kappa shape index (κ2) is 6.32. The lowest BCUT2D eigenvalue weighted by Crippen LogP contribution is -2.48. The Morgan fingerprint density at radius 3 is 2.79 bits per heavy atom. The summed E-state index contributed by atoms with van der Waals surface area (Å²) in [5.74, 6) is 0.127. The molecule has 0 aromatic carbocycles. The molecule has 1 amide bonds. The summed E-state index contributed by atoms with van der Waals surface area (Å²) in [5.41, 5.74) is 4.50. The number of hydrogen-bond acceptors (Lipinski definition) is 3. The first-order valence-electron chi connectivity index (χ1n) is 9.25. The van der Waals surface area contributed by atoms with Crippen molar-refractivity contribution in [3.8, 4) is 0 Å². The number of piperidine rings is 1. The lowest BCUT2D eigenvalue weighted by Gasteiger charge is -2.42. The lowest BCUT2D eigenvalue weighted by atomic mass is 9.86. The number of aryl methyl sites for hydroxylation is 2. The van der Waals surface area contributed by atoms with Gasteiger partial charge in [-0.3, -0.25) is 9.78 Å². The minimum Gasteiger partial charge on any atom is -0.370 e. The van der Waals surface area contributed by atoms with Crippen LogP contribution in [-0.2, 0) is 17.6 Å². The first-order valence-corrected chi connectivity index (χ1v) is 9.25. The number of carbonyl (C=O) groups excluding carboxylic acids is 1. The smallest absolute Gasteiger partial charge is 0.255 e. The van der Waals surface area contributed by atoms with Gasteiger partial charge in [0.1, 0.15) is 0 Å². The molecule has 4 nitrogen and oxygen atoms in total. The number of ether oxygens (including phenoxy) is 1. The van der Waals surface area contributed by atoms with E-state index in [9.17, 15) is 4.79 Å². The van der Waals surface area contributed by atoms with Crippen LogP contribution in [0, 0.1) is 0 Å². The quantitative estimate of drug-likeness (QED) is 0.744. The van der Waals surface area contributed by atoms with Gasteiger partial charge in [-0.2, -0.15) is 0 Å². The highest BCUT2D eigenvalue weighted by atomic mass is 16.5. The molecule has 0 radical (unpaired) electrons. The molecule has 128 valence electrons. The van der Waals surface area contributed by atoms with Gasteiger partial charge < -0.3 is 9.64 Å². The predicted molar refractivity (Wildman–Crippen MR) is 93.1 cm³/mol. The molecule has 4 rings (SSSR count). The summed E-state index contributed by atoms with van der Waals surface area (Å²) in [7, 11) is 0. The van der Waals surface area contributed by atoms with Gasteiger partial charge in [0, 0.05) is 25.0 Å². The summed E-state index contributed by atoms with van der Waals surface area (Å²) in [5, 5.41) is 0. The zero-order chi connectivity index (χ0) is 16.6. The van der Waals surface area contributed by atoms with Gasteiger partial charge in [-0.15, -0.1) is 0 Å². The number of rotatable bonds is 1. The lowest BCUT2D eigenvalue weighted by molar-refractivity contribution is -0.0522. The molecule has 0 bridgehead atoms. The Balaban J connectivity index is 1.46. The van der Waals surface area contributed by atoms with E-state index in [2.05, 4.69) is 24.1 Å². The zero-order valence-corrected chi connectivity index (χ0v) is 14.5. The van der Waals surface area contributed by atoms with Gasteiger partial charge >= 0.3 is 0 Å². The topological polar surface area (TPSA) is 42.4 Å². The molecule has 0 atom stereocenters. The van der Waals surface area contributed by atoms with Crippen LogP contribution in [-0.4, -0.2) is 41.1 Å². The molecule has 24 heavy (non-hydrogen) atoms. The minimum atomic E-state index is -0.132. The molecule has 1 aromatic heterocycles. The third-order valence-corrected chi connectivity index (χ3v) is 5.71. The zero-order valence-electron chi connectivity index (χ0n) is 14.5. The SMILES string of the molecule is CC1=CC2(CCN(C(=O)c3cnc4c(c3)CCCC4)CC2)OCC1. The van der Waals surface area contributed by atoms with Crippen LogP contribution in [0.15, 0.2) is 23.9 Å². The van der Waals surface area contributed by atoms with Crippen molar-refractivity contribution in [2.75, 3.05) is 19.7 Å². The Kier molecular flexibility index (Phi) is 4.17. The largest absolute Gasteiger partial charge is 0.370 e. The third kappa shape index (κ3) is 3.00. The molecule has 3 aliphatic rings. The fourth-order valence-corrected chi connectivity index (χ4v) is 4.24. The Labute approximate surface area is 143 Å². The van der Waals surface area contributed by atoms with E-state index in [4.69, 9.17) is 4.74 Å². The molecule has 1 spiro atoms. The summed E-state index contributed by atoms with van der Waals surface area (Å²) in [4.78, 5) is 19.4. The summed E-state index contributed by atoms with van der Waals surface area (Å²) in [6, 6.07) is 2.08. The Morgan fingerprint density at radius 2 is 2.00 bits per heavy atom. The molecule has 1 fully saturated rings. The number of pyridine rings is 1. The number of hydrogen-bond donors (Lipinski definition) is 0. The molecule has 4 heteroatoms. The van der Waals surface area contributed by atoms with Crippen LogP contribution < -0.4 is 0 Å². The van der Waals surface area contributed by atoms with Crippen molar-refractivity contribution in [2.45, 2.75) is 57.5 Å². The highest BCUT2D eigenvalue weighted by molar-refractivity contribution is 5.94. The Hall–Kier alpha value is -1.68. The number of aromatic nitrogens is 1. The van der Waals surface area contributed by atoms with Crippen molar-refractivity contribution < 1.29 is 9.53 Å². The standard InChI is InChI=1S/C20H26N2O2/c1-15-6-11-24-20(13-15)7-9-22(10-8-20)19(23)17-12-16-4-2-3-5-18(16)21-14-17/h12-14H,2-11H2,1H3. The van der Waals surface area contributed by atoms with Gasteiger partial charge in [-0.25, -0.2) is 0 Å². The summed E-state index contributed by atoms with van der Waals surface area (Å²) >= 11 is 0. The monoisotopic (exact) mass is 326 g/mol. The van der Waals surface area contributed by atoms with E-state index in [0.29, 0.717) is 0 Å². The predicted octanol–water partition coefficient (Wildman–Crippen LogP) is 3.30. The Morgan fingerprint density at radius 1 is 1.21 bits per heavy atom. The van der Waals surface area contributed by atoms with E-state index < -0.39 is 0 Å². The van der Waals surface area contributed by atoms with Gasteiger partial charge in [0.2, 0.25) is 0 Å². The molecule has 1 saturated heterocycles. The average molecular weight is 326 g/mol. The second-order valence-electron chi connectivity index (χ2n) is 7.48. The van der Waals surface area contributed by atoms with E-state index in [0.717, 1.165) is 57.4 Å². The number of nitrogens with zero attached hydrogens (tertiary/aromatic N) is 2. The molecule has 0 N–H and O–H groups in total. The van der Waals surface area contributed by atoms with Gasteiger partial charge in [-0.1, -0.05) is 11.6 Å². The van der Waals surface area contributed by atoms with Gasteiger partial charge in [0.25, 0.3) is 5.91 Å². The van der Waals surface area contributed by atoms with Crippen molar-refractivity contribution in [1.29, 1.82) is 0 Å². The van der Waals surface area contributed by atoms with Crippen LogP contribution in [0.25, 0.3) is 0 Å². The maximum absolute atomic E-state index is 12.9. The maximum atomic E-state index is 12.9. The molecule has 1 aromatic rings. The van der Waals surface area contributed by atoms with Gasteiger partial charge in [0.05, 0.1) is 17.8 Å². The van der Waals surface area contributed by atoms with Crippen molar-refractivity contribution in [3.63, 3.8) is 0 Å². The van der Waals surface area contributed by atoms with Crippen LogP contribution in [0.4, 0.5) is 0 Å². The Bertz CT molecular complexity index is 672. The fraction of sp³-hybridized carbons (Fsp3) is 0.600. The van der Waals surface area contributed by atoms with E-state index in [1.165, 1.54) is 29.7 Å². The van der Waals surface area contributed by atoms with E-state index in [1.807, 2.05) is 4.90 Å². The van der Waals surface area contributed by atoms with E-state index in [1.54, 1.807) is 6.20 Å². The fourth-order valence-electron chi connectivity index (χ4n) is 4.24. The van der Waals surface area contributed by atoms with E-state index in [-0.39, 0.29) is 11.5 Å². The van der Waals surface area contributed by atoms with Crippen molar-refractivity contribution >= 4 is 5.91 Å². The molecular weight excluding hydrogens is 300 g/mol. The van der Waals surface area contributed by atoms with Crippen LogP contribution in [0.3, 0.4) is 0 Å². The molecule has 3 heterocycles. The first-order chi connectivity index (χ1) is 11.7. The van der Waals surface area contributed by atoms with Crippen molar-refractivity contribution in [3.05, 3.63) is 40.7 Å². The molecule has 2 aliphatic heterocycles. The molecular formula is C20H26N2O2.